The van der Waals surface area contributed by atoms with Crippen LogP contribution in [0.25, 0.3) is 0 Å². The van der Waals surface area contributed by atoms with E-state index in [0.29, 0.717) is 24.8 Å². The molecule has 9 nitrogen and oxygen atoms in total. The van der Waals surface area contributed by atoms with E-state index in [-0.39, 0.29) is 69.9 Å². The zero-order chi connectivity index (χ0) is 36.7. The molecule has 9 heteroatoms. The molecule has 12 atom stereocenters. The highest BCUT2D eigenvalue weighted by molar-refractivity contribution is 5.79. The molecule has 0 bridgehead atoms. The zero-order valence-corrected chi connectivity index (χ0v) is 32.9. The number of amides is 1. The molecule has 4 fully saturated rings. The number of nitrogens with one attached hydrogen (secondary N) is 3. The average Bonchev–Trinajstić information content (AvgIpc) is 3.32. The minimum atomic E-state index is -0.487. The molecule has 4 aliphatic rings. The van der Waals surface area contributed by atoms with E-state index in [4.69, 9.17) is 10.5 Å². The average molecular weight is 705 g/mol. The maximum absolute atomic E-state index is 14.3. The third-order valence-electron chi connectivity index (χ3n) is 14.7. The van der Waals surface area contributed by atoms with Gasteiger partial charge in [0.05, 0.1) is 12.2 Å². The fourth-order valence-corrected chi connectivity index (χ4v) is 12.1. The van der Waals surface area contributed by atoms with E-state index in [9.17, 15) is 19.8 Å². The van der Waals surface area contributed by atoms with Crippen LogP contribution in [0.4, 0.5) is 0 Å². The Morgan fingerprint density at radius 1 is 0.840 bits per heavy atom. The number of carbonyl (C=O) groups excluding carboxylic acids is 2. The van der Waals surface area contributed by atoms with Gasteiger partial charge in [0.1, 0.15) is 6.10 Å². The molecular formula is C41H76N4O5. The predicted octanol–water partition coefficient (Wildman–Crippen LogP) is 5.41. The predicted molar refractivity (Wildman–Crippen MR) is 201 cm³/mol. The molecule has 4 rings (SSSR count). The number of hydrogen-bond acceptors (Lipinski definition) is 8. The standard InChI is InChI=1S/C41H76N4O5/c1-27(2)13-10-14-30(38(49)45-24-12-23-44-21-9-8-20-43-22-11-19-42)36-32-25-34(48)37-39(5)17-16-33(47)28(3)31(39)15-18-40(37,6)41(32,7)26-35(36)50-29(4)46/h27-28,30-37,43-44,47-48H,8-26,42H2,1-7H3,(H,45,49)/t28-,30-,31?,32?,33+,34+,35-,36-,37?,39-,40-,41-/m0/s1. The summed E-state index contributed by atoms with van der Waals surface area (Å²) in [6.07, 6.45) is 10.9. The van der Waals surface area contributed by atoms with Gasteiger partial charge in [-0.1, -0.05) is 54.4 Å². The van der Waals surface area contributed by atoms with Crippen LogP contribution in [0, 0.1) is 57.7 Å². The monoisotopic (exact) mass is 705 g/mol. The molecule has 4 saturated carbocycles. The fourth-order valence-electron chi connectivity index (χ4n) is 12.1. The van der Waals surface area contributed by atoms with E-state index in [1.807, 2.05) is 0 Å². The van der Waals surface area contributed by atoms with E-state index in [0.717, 1.165) is 110 Å². The highest BCUT2D eigenvalue weighted by Gasteiger charge is 2.72. The van der Waals surface area contributed by atoms with Crippen molar-refractivity contribution in [3.05, 3.63) is 0 Å². The number of hydrogen-bond donors (Lipinski definition) is 6. The summed E-state index contributed by atoms with van der Waals surface area (Å²) in [4.78, 5) is 26.9. The van der Waals surface area contributed by atoms with Gasteiger partial charge in [-0.3, -0.25) is 9.59 Å². The molecule has 0 aromatic heterocycles. The van der Waals surface area contributed by atoms with Crippen molar-refractivity contribution in [3.8, 4) is 0 Å². The number of rotatable bonds is 19. The Bertz CT molecular complexity index is 1090. The van der Waals surface area contributed by atoms with Gasteiger partial charge in [0, 0.05) is 25.3 Å². The van der Waals surface area contributed by atoms with Gasteiger partial charge in [-0.2, -0.15) is 0 Å². The molecule has 1 amide bonds. The van der Waals surface area contributed by atoms with Gasteiger partial charge < -0.3 is 36.6 Å². The number of nitrogens with two attached hydrogens (primary N) is 1. The van der Waals surface area contributed by atoms with Crippen molar-refractivity contribution in [3.63, 3.8) is 0 Å². The Kier molecular flexibility index (Phi) is 15.1. The second-order valence-corrected chi connectivity index (χ2v) is 18.2. The third-order valence-corrected chi connectivity index (χ3v) is 14.7. The largest absolute Gasteiger partial charge is 0.462 e. The molecule has 0 spiro atoms. The highest BCUT2D eigenvalue weighted by atomic mass is 16.5. The van der Waals surface area contributed by atoms with Crippen molar-refractivity contribution in [1.29, 1.82) is 0 Å². The van der Waals surface area contributed by atoms with Crippen LogP contribution in [0.2, 0.25) is 0 Å². The summed E-state index contributed by atoms with van der Waals surface area (Å²) in [7, 11) is 0. The van der Waals surface area contributed by atoms with Crippen molar-refractivity contribution in [1.82, 2.24) is 16.0 Å². The topological polar surface area (TPSA) is 146 Å². The van der Waals surface area contributed by atoms with Gasteiger partial charge in [-0.05, 0) is 149 Å². The van der Waals surface area contributed by atoms with Gasteiger partial charge in [0.25, 0.3) is 0 Å². The summed E-state index contributed by atoms with van der Waals surface area (Å²) < 4.78 is 6.23. The lowest BCUT2D eigenvalue weighted by Crippen LogP contribution is -2.66. The summed E-state index contributed by atoms with van der Waals surface area (Å²) in [5.74, 6) is 0.739. The fraction of sp³-hybridized carbons (Fsp3) is 0.951. The van der Waals surface area contributed by atoms with Crippen molar-refractivity contribution in [2.24, 2.45) is 63.4 Å². The zero-order valence-electron chi connectivity index (χ0n) is 32.9. The summed E-state index contributed by atoms with van der Waals surface area (Å²) in [6.45, 7) is 20.6. The van der Waals surface area contributed by atoms with Crippen LogP contribution in [-0.4, -0.2) is 79.7 Å². The van der Waals surface area contributed by atoms with Gasteiger partial charge in [0.15, 0.2) is 0 Å². The molecule has 0 aromatic rings. The van der Waals surface area contributed by atoms with Crippen LogP contribution >= 0.6 is 0 Å². The summed E-state index contributed by atoms with van der Waals surface area (Å²) in [5, 5.41) is 33.4. The first-order valence-electron chi connectivity index (χ1n) is 20.6. The quantitative estimate of drug-likeness (QED) is 0.0774. The number of ether oxygens (including phenoxy) is 1. The second-order valence-electron chi connectivity index (χ2n) is 18.2. The van der Waals surface area contributed by atoms with Crippen molar-refractivity contribution in [2.45, 2.75) is 150 Å². The Balaban J connectivity index is 1.48. The molecule has 3 unspecified atom stereocenters. The number of unbranched alkanes of at least 4 members (excludes halogenated alkanes) is 1. The van der Waals surface area contributed by atoms with Crippen LogP contribution in [0.5, 0.6) is 0 Å². The van der Waals surface area contributed by atoms with Crippen LogP contribution in [0.3, 0.4) is 0 Å². The first kappa shape index (κ1) is 41.5. The number of carbonyl (C=O) groups is 2. The third kappa shape index (κ3) is 8.91. The lowest BCUT2D eigenvalue weighted by molar-refractivity contribution is -0.239. The minimum absolute atomic E-state index is 0.0580. The smallest absolute Gasteiger partial charge is 0.302 e. The molecule has 0 saturated heterocycles. The van der Waals surface area contributed by atoms with E-state index in [1.54, 1.807) is 0 Å². The molecule has 0 aromatic carbocycles. The second kappa shape index (κ2) is 18.2. The molecule has 50 heavy (non-hydrogen) atoms. The molecule has 0 radical (unpaired) electrons. The summed E-state index contributed by atoms with van der Waals surface area (Å²) in [5.41, 5.74) is 5.14. The minimum Gasteiger partial charge on any atom is -0.462 e. The summed E-state index contributed by atoms with van der Waals surface area (Å²) >= 11 is 0. The lowest BCUT2D eigenvalue weighted by Gasteiger charge is -2.69. The van der Waals surface area contributed by atoms with Gasteiger partial charge in [-0.15, -0.1) is 0 Å². The summed E-state index contributed by atoms with van der Waals surface area (Å²) in [6, 6.07) is 0. The Morgan fingerprint density at radius 2 is 1.50 bits per heavy atom. The molecule has 0 aliphatic heterocycles. The van der Waals surface area contributed by atoms with E-state index in [2.05, 4.69) is 57.5 Å². The van der Waals surface area contributed by atoms with Crippen LogP contribution < -0.4 is 21.7 Å². The molecule has 290 valence electrons. The van der Waals surface area contributed by atoms with Gasteiger partial charge >= 0.3 is 5.97 Å². The Labute approximate surface area is 304 Å². The normalized spacial score (nSPS) is 38.6. The first-order chi connectivity index (χ1) is 23.7. The molecular weight excluding hydrogens is 628 g/mol. The van der Waals surface area contributed by atoms with Crippen LogP contribution in [0.1, 0.15) is 132 Å². The Morgan fingerprint density at radius 3 is 2.14 bits per heavy atom. The number of esters is 1. The first-order valence-corrected chi connectivity index (χ1v) is 20.6. The molecule has 7 N–H and O–H groups in total. The van der Waals surface area contributed by atoms with Crippen LogP contribution in [0.15, 0.2) is 0 Å². The maximum Gasteiger partial charge on any atom is 0.302 e. The van der Waals surface area contributed by atoms with Crippen molar-refractivity contribution >= 4 is 11.9 Å². The number of aliphatic hydroxyl groups excluding tert-OH is 2. The van der Waals surface area contributed by atoms with Crippen molar-refractivity contribution in [2.75, 3.05) is 39.3 Å². The van der Waals surface area contributed by atoms with Crippen molar-refractivity contribution < 1.29 is 24.5 Å². The lowest BCUT2D eigenvalue weighted by atomic mass is 9.36. The maximum atomic E-state index is 14.3. The molecule has 0 heterocycles. The van der Waals surface area contributed by atoms with E-state index in [1.165, 1.54) is 6.92 Å². The highest BCUT2D eigenvalue weighted by Crippen LogP contribution is 2.74. The number of fused-ring (bicyclic) bond motifs is 5. The van der Waals surface area contributed by atoms with Gasteiger partial charge in [-0.25, -0.2) is 0 Å². The van der Waals surface area contributed by atoms with Gasteiger partial charge in [0.2, 0.25) is 5.91 Å². The molecule has 4 aliphatic carbocycles. The Hall–Kier alpha value is -1.26. The van der Waals surface area contributed by atoms with E-state index >= 15 is 0 Å². The number of aliphatic hydroxyl groups is 2. The SMILES string of the molecule is CC(=O)O[C@H]1C[C@@]2(C)C(C[C@@H](O)C3[C@@]4(C)CC[C@@H](O)[C@@H](C)C4CC[C@@]32C)[C@@H]1[C@H](CCCC(C)C)C(=O)NCCCNCCCCNCCCN. The van der Waals surface area contributed by atoms with E-state index < -0.39 is 6.10 Å². The van der Waals surface area contributed by atoms with Crippen LogP contribution in [-0.2, 0) is 14.3 Å².